The molecule has 0 aliphatic carbocycles. The molecule has 0 unspecified atom stereocenters. The molecule has 144 valence electrons. The molecule has 0 aliphatic rings. The summed E-state index contributed by atoms with van der Waals surface area (Å²) < 4.78 is 5.62. The van der Waals surface area contributed by atoms with Gasteiger partial charge in [0, 0.05) is 11.3 Å². The highest BCUT2D eigenvalue weighted by Crippen LogP contribution is 2.22. The van der Waals surface area contributed by atoms with Crippen LogP contribution in [0.5, 0.6) is 5.75 Å². The number of carbonyl (C=O) groups is 1. The predicted octanol–water partition coefficient (Wildman–Crippen LogP) is 4.93. The lowest BCUT2D eigenvalue weighted by Gasteiger charge is -2.10. The number of nitrogens with one attached hydrogen (secondary N) is 1. The fourth-order valence-corrected chi connectivity index (χ4v) is 3.11. The summed E-state index contributed by atoms with van der Waals surface area (Å²) >= 11 is 0. The maximum Gasteiger partial charge on any atom is 0.262 e. The maximum atomic E-state index is 12.2. The van der Waals surface area contributed by atoms with Crippen LogP contribution in [0.3, 0.4) is 0 Å². The summed E-state index contributed by atoms with van der Waals surface area (Å²) in [5.41, 5.74) is 6.44. The highest BCUT2D eigenvalue weighted by molar-refractivity contribution is 5.92. The molecule has 0 saturated carbocycles. The van der Waals surface area contributed by atoms with E-state index in [1.54, 1.807) is 6.20 Å². The van der Waals surface area contributed by atoms with Crippen molar-refractivity contribution >= 4 is 22.6 Å². The van der Waals surface area contributed by atoms with Crippen LogP contribution >= 0.6 is 0 Å². The molecule has 5 heteroatoms. The summed E-state index contributed by atoms with van der Waals surface area (Å²) in [4.78, 5) is 21.3. The van der Waals surface area contributed by atoms with Crippen LogP contribution < -0.4 is 10.1 Å². The maximum absolute atomic E-state index is 12.2. The van der Waals surface area contributed by atoms with E-state index >= 15 is 0 Å². The van der Waals surface area contributed by atoms with Crippen molar-refractivity contribution in [2.45, 2.75) is 13.8 Å². The van der Waals surface area contributed by atoms with Crippen LogP contribution in [0.4, 0.5) is 5.69 Å². The molecule has 5 nitrogen and oxygen atoms in total. The van der Waals surface area contributed by atoms with Gasteiger partial charge in [-0.1, -0.05) is 29.8 Å². The Kier molecular flexibility index (Phi) is 5.20. The third kappa shape index (κ3) is 4.41. The fraction of sp³-hybridized carbons (Fsp3) is 0.125. The van der Waals surface area contributed by atoms with Crippen molar-refractivity contribution in [3.63, 3.8) is 0 Å². The lowest BCUT2D eigenvalue weighted by atomic mass is 10.1. The number of aromatic nitrogens is 2. The number of hydrogen-bond acceptors (Lipinski definition) is 4. The van der Waals surface area contributed by atoms with Gasteiger partial charge in [-0.05, 0) is 61.9 Å². The number of anilines is 1. The van der Waals surface area contributed by atoms with Crippen LogP contribution in [-0.2, 0) is 4.79 Å². The molecule has 1 heterocycles. The molecule has 1 aromatic heterocycles. The number of nitrogens with zero attached hydrogens (tertiary/aromatic N) is 2. The van der Waals surface area contributed by atoms with Crippen LogP contribution in [0.15, 0.2) is 72.9 Å². The topological polar surface area (TPSA) is 64.1 Å². The molecule has 0 saturated heterocycles. The van der Waals surface area contributed by atoms with Crippen molar-refractivity contribution in [3.05, 3.63) is 84.1 Å². The van der Waals surface area contributed by atoms with Crippen LogP contribution in [0.2, 0.25) is 0 Å². The van der Waals surface area contributed by atoms with Gasteiger partial charge in [0.15, 0.2) is 6.61 Å². The Hall–Kier alpha value is -3.73. The zero-order valence-corrected chi connectivity index (χ0v) is 16.3. The van der Waals surface area contributed by atoms with Gasteiger partial charge in [-0.25, -0.2) is 4.98 Å². The van der Waals surface area contributed by atoms with E-state index in [-0.39, 0.29) is 12.5 Å². The summed E-state index contributed by atoms with van der Waals surface area (Å²) in [6, 6.07) is 21.2. The number of benzene rings is 3. The van der Waals surface area contributed by atoms with E-state index < -0.39 is 0 Å². The third-order valence-electron chi connectivity index (χ3n) is 4.62. The highest BCUT2D eigenvalue weighted by atomic mass is 16.5. The van der Waals surface area contributed by atoms with Gasteiger partial charge in [0.05, 0.1) is 22.9 Å². The van der Waals surface area contributed by atoms with E-state index in [0.717, 1.165) is 39.1 Å². The number of amides is 1. The third-order valence-corrected chi connectivity index (χ3v) is 4.62. The van der Waals surface area contributed by atoms with Crippen LogP contribution in [0, 0.1) is 13.8 Å². The van der Waals surface area contributed by atoms with Crippen molar-refractivity contribution in [1.82, 2.24) is 9.97 Å². The molecule has 0 fully saturated rings. The Morgan fingerprint density at radius 2 is 1.72 bits per heavy atom. The van der Waals surface area contributed by atoms with Crippen LogP contribution in [0.25, 0.3) is 22.3 Å². The molecule has 1 amide bonds. The monoisotopic (exact) mass is 383 g/mol. The van der Waals surface area contributed by atoms with Gasteiger partial charge in [-0.2, -0.15) is 0 Å². The first-order valence-electron chi connectivity index (χ1n) is 9.40. The van der Waals surface area contributed by atoms with Crippen molar-refractivity contribution in [2.75, 3.05) is 11.9 Å². The second-order valence-electron chi connectivity index (χ2n) is 6.92. The molecule has 4 aromatic rings. The van der Waals surface area contributed by atoms with Gasteiger partial charge in [0.2, 0.25) is 0 Å². The van der Waals surface area contributed by atoms with Crippen molar-refractivity contribution in [1.29, 1.82) is 0 Å². The minimum Gasteiger partial charge on any atom is -0.484 e. The van der Waals surface area contributed by atoms with Gasteiger partial charge in [0.25, 0.3) is 5.91 Å². The molecule has 3 aromatic carbocycles. The molecule has 0 aliphatic heterocycles. The minimum atomic E-state index is -0.193. The highest BCUT2D eigenvalue weighted by Gasteiger charge is 2.07. The largest absolute Gasteiger partial charge is 0.484 e. The normalized spacial score (nSPS) is 10.7. The summed E-state index contributed by atoms with van der Waals surface area (Å²) in [6.07, 6.45) is 1.76. The average Bonchev–Trinajstić information content (AvgIpc) is 2.74. The van der Waals surface area contributed by atoms with Crippen molar-refractivity contribution in [3.8, 4) is 17.0 Å². The second kappa shape index (κ2) is 8.10. The zero-order valence-electron chi connectivity index (χ0n) is 16.3. The van der Waals surface area contributed by atoms with Gasteiger partial charge in [-0.15, -0.1) is 0 Å². The fourth-order valence-electron chi connectivity index (χ4n) is 3.11. The zero-order chi connectivity index (χ0) is 20.2. The molecule has 0 radical (unpaired) electrons. The van der Waals surface area contributed by atoms with E-state index in [9.17, 15) is 4.79 Å². The number of aryl methyl sites for hydroxylation is 2. The van der Waals surface area contributed by atoms with Crippen LogP contribution in [0.1, 0.15) is 11.1 Å². The molecule has 0 atom stereocenters. The first-order chi connectivity index (χ1) is 14.1. The number of para-hydroxylation sites is 2. The van der Waals surface area contributed by atoms with Gasteiger partial charge < -0.3 is 10.1 Å². The van der Waals surface area contributed by atoms with E-state index in [1.165, 1.54) is 0 Å². The van der Waals surface area contributed by atoms with E-state index in [4.69, 9.17) is 4.74 Å². The van der Waals surface area contributed by atoms with E-state index in [1.807, 2.05) is 80.6 Å². The van der Waals surface area contributed by atoms with Crippen molar-refractivity contribution < 1.29 is 9.53 Å². The molecule has 0 spiro atoms. The quantitative estimate of drug-likeness (QED) is 0.531. The number of ether oxygens (including phenoxy) is 1. The summed E-state index contributed by atoms with van der Waals surface area (Å²) in [6.45, 7) is 3.94. The molecule has 4 rings (SSSR count). The molecular weight excluding hydrogens is 362 g/mol. The SMILES string of the molecule is Cc1ccc(NC(=O)COc2ccc(-c3cnc4ccccc4n3)cc2)c(C)c1. The Morgan fingerprint density at radius 1 is 0.966 bits per heavy atom. The summed E-state index contributed by atoms with van der Waals surface area (Å²) in [5.74, 6) is 0.430. The van der Waals surface area contributed by atoms with Gasteiger partial charge >= 0.3 is 0 Å². The number of rotatable bonds is 5. The smallest absolute Gasteiger partial charge is 0.262 e. The van der Waals surface area contributed by atoms with Crippen molar-refractivity contribution in [2.24, 2.45) is 0 Å². The Labute approximate surface area is 169 Å². The Bertz CT molecular complexity index is 1170. The standard InChI is InChI=1S/C24H21N3O2/c1-16-7-12-20(17(2)13-16)27-24(28)15-29-19-10-8-18(9-11-19)23-14-25-21-5-3-4-6-22(21)26-23/h3-14H,15H2,1-2H3,(H,27,28). The Morgan fingerprint density at radius 3 is 2.48 bits per heavy atom. The van der Waals surface area contributed by atoms with E-state index in [2.05, 4.69) is 15.3 Å². The van der Waals surface area contributed by atoms with Crippen LogP contribution in [-0.4, -0.2) is 22.5 Å². The lowest BCUT2D eigenvalue weighted by Crippen LogP contribution is -2.20. The number of fused-ring (bicyclic) bond motifs is 1. The molecule has 0 bridgehead atoms. The van der Waals surface area contributed by atoms with Gasteiger partial charge in [0.1, 0.15) is 5.75 Å². The second-order valence-corrected chi connectivity index (χ2v) is 6.92. The predicted molar refractivity (Wildman–Crippen MR) is 115 cm³/mol. The molecule has 29 heavy (non-hydrogen) atoms. The molecule has 1 N–H and O–H groups in total. The number of hydrogen-bond donors (Lipinski definition) is 1. The van der Waals surface area contributed by atoms with Gasteiger partial charge in [-0.3, -0.25) is 9.78 Å². The first-order valence-corrected chi connectivity index (χ1v) is 9.40. The Balaban J connectivity index is 1.39. The van der Waals surface area contributed by atoms with E-state index in [0.29, 0.717) is 5.75 Å². The lowest BCUT2D eigenvalue weighted by molar-refractivity contribution is -0.118. The summed E-state index contributed by atoms with van der Waals surface area (Å²) in [7, 11) is 0. The molecular formula is C24H21N3O2. The number of carbonyl (C=O) groups excluding carboxylic acids is 1. The minimum absolute atomic E-state index is 0.0531. The summed E-state index contributed by atoms with van der Waals surface area (Å²) in [5, 5.41) is 2.88. The first kappa shape index (κ1) is 18.6. The average molecular weight is 383 g/mol.